The molecule has 0 saturated heterocycles. The molecule has 0 atom stereocenters. The van der Waals surface area contributed by atoms with Crippen molar-refractivity contribution in [3.8, 4) is 5.75 Å². The van der Waals surface area contributed by atoms with Crippen LogP contribution in [0.2, 0.25) is 0 Å². The van der Waals surface area contributed by atoms with Gasteiger partial charge in [0, 0.05) is 11.5 Å². The lowest BCUT2D eigenvalue weighted by Crippen LogP contribution is -2.07. The standard InChI is InChI=1S/C12H16O2/c1-8(2)12(13)10-5-9(3)6-11(7-10)14-4/h5-8H,1-4H3. The lowest BCUT2D eigenvalue weighted by atomic mass is 9.99. The number of Topliss-reactive ketones (excluding diaryl/α,β-unsaturated/α-hetero) is 1. The summed E-state index contributed by atoms with van der Waals surface area (Å²) in [6.45, 7) is 5.76. The first-order chi connectivity index (χ1) is 6.54. The number of rotatable bonds is 3. The number of hydrogen-bond donors (Lipinski definition) is 0. The van der Waals surface area contributed by atoms with Crippen molar-refractivity contribution in [3.63, 3.8) is 0 Å². The molecule has 14 heavy (non-hydrogen) atoms. The molecule has 1 aromatic rings. The van der Waals surface area contributed by atoms with Crippen LogP contribution in [0.25, 0.3) is 0 Å². The normalized spacial score (nSPS) is 10.4. The monoisotopic (exact) mass is 192 g/mol. The Morgan fingerprint density at radius 3 is 2.43 bits per heavy atom. The topological polar surface area (TPSA) is 26.3 Å². The number of hydrogen-bond acceptors (Lipinski definition) is 2. The van der Waals surface area contributed by atoms with E-state index >= 15 is 0 Å². The molecule has 0 aliphatic rings. The van der Waals surface area contributed by atoms with E-state index in [1.54, 1.807) is 13.2 Å². The Bertz CT molecular complexity index is 340. The summed E-state index contributed by atoms with van der Waals surface area (Å²) in [5, 5.41) is 0. The minimum absolute atomic E-state index is 0.0292. The number of ether oxygens (including phenoxy) is 1. The molecule has 0 aromatic heterocycles. The molecular formula is C12H16O2. The maximum Gasteiger partial charge on any atom is 0.165 e. The van der Waals surface area contributed by atoms with Crippen molar-refractivity contribution in [2.75, 3.05) is 7.11 Å². The zero-order valence-corrected chi connectivity index (χ0v) is 9.13. The molecule has 1 rings (SSSR count). The summed E-state index contributed by atoms with van der Waals surface area (Å²) in [6, 6.07) is 5.59. The maximum atomic E-state index is 11.7. The summed E-state index contributed by atoms with van der Waals surface area (Å²) in [7, 11) is 1.61. The molecule has 0 aliphatic heterocycles. The average molecular weight is 192 g/mol. The Morgan fingerprint density at radius 1 is 1.29 bits per heavy atom. The van der Waals surface area contributed by atoms with Crippen LogP contribution in [-0.4, -0.2) is 12.9 Å². The van der Waals surface area contributed by atoms with Crippen molar-refractivity contribution < 1.29 is 9.53 Å². The number of carbonyl (C=O) groups is 1. The molecule has 0 heterocycles. The van der Waals surface area contributed by atoms with Gasteiger partial charge in [-0.25, -0.2) is 0 Å². The van der Waals surface area contributed by atoms with Gasteiger partial charge >= 0.3 is 0 Å². The molecule has 0 fully saturated rings. The highest BCUT2D eigenvalue weighted by molar-refractivity contribution is 5.97. The maximum absolute atomic E-state index is 11.7. The fraction of sp³-hybridized carbons (Fsp3) is 0.417. The second kappa shape index (κ2) is 4.27. The molecule has 0 unspecified atom stereocenters. The van der Waals surface area contributed by atoms with Gasteiger partial charge in [0.2, 0.25) is 0 Å². The summed E-state index contributed by atoms with van der Waals surface area (Å²) >= 11 is 0. The van der Waals surface area contributed by atoms with E-state index in [0.29, 0.717) is 0 Å². The van der Waals surface area contributed by atoms with Crippen LogP contribution in [0.5, 0.6) is 5.75 Å². The van der Waals surface area contributed by atoms with Crippen molar-refractivity contribution >= 4 is 5.78 Å². The molecule has 76 valence electrons. The highest BCUT2D eigenvalue weighted by atomic mass is 16.5. The molecule has 2 heteroatoms. The molecule has 0 N–H and O–H groups in total. The third kappa shape index (κ3) is 2.34. The smallest absolute Gasteiger partial charge is 0.165 e. The van der Waals surface area contributed by atoms with E-state index in [2.05, 4.69) is 0 Å². The average Bonchev–Trinajstić information content (AvgIpc) is 2.15. The number of carbonyl (C=O) groups excluding carboxylic acids is 1. The quantitative estimate of drug-likeness (QED) is 0.688. The van der Waals surface area contributed by atoms with Gasteiger partial charge in [-0.05, 0) is 30.7 Å². The van der Waals surface area contributed by atoms with Gasteiger partial charge in [-0.2, -0.15) is 0 Å². The lowest BCUT2D eigenvalue weighted by molar-refractivity contribution is 0.0939. The first kappa shape index (κ1) is 10.8. The molecule has 1 aromatic carbocycles. The van der Waals surface area contributed by atoms with Crippen LogP contribution < -0.4 is 4.74 Å². The van der Waals surface area contributed by atoms with Crippen molar-refractivity contribution in [3.05, 3.63) is 29.3 Å². The van der Waals surface area contributed by atoms with Gasteiger partial charge in [0.15, 0.2) is 5.78 Å². The van der Waals surface area contributed by atoms with Gasteiger partial charge < -0.3 is 4.74 Å². The minimum Gasteiger partial charge on any atom is -0.497 e. The number of aryl methyl sites for hydroxylation is 1. The molecule has 0 amide bonds. The van der Waals surface area contributed by atoms with Crippen molar-refractivity contribution in [2.24, 2.45) is 5.92 Å². The second-order valence-electron chi connectivity index (χ2n) is 3.76. The van der Waals surface area contributed by atoms with Crippen LogP contribution in [0.1, 0.15) is 29.8 Å². The third-order valence-electron chi connectivity index (χ3n) is 2.10. The Balaban J connectivity index is 3.09. The van der Waals surface area contributed by atoms with E-state index in [9.17, 15) is 4.79 Å². The fourth-order valence-corrected chi connectivity index (χ4v) is 1.34. The number of benzene rings is 1. The summed E-state index contributed by atoms with van der Waals surface area (Å²) in [5.41, 5.74) is 1.78. The molecule has 0 aliphatic carbocycles. The van der Waals surface area contributed by atoms with Crippen LogP contribution in [0, 0.1) is 12.8 Å². The highest BCUT2D eigenvalue weighted by Crippen LogP contribution is 2.18. The summed E-state index contributed by atoms with van der Waals surface area (Å²) < 4.78 is 5.11. The highest BCUT2D eigenvalue weighted by Gasteiger charge is 2.11. The Labute approximate surface area is 84.9 Å². The van der Waals surface area contributed by atoms with Crippen molar-refractivity contribution in [1.29, 1.82) is 0 Å². The summed E-state index contributed by atoms with van der Waals surface area (Å²) in [4.78, 5) is 11.7. The number of methoxy groups -OCH3 is 1. The summed E-state index contributed by atoms with van der Waals surface area (Å²) in [5.74, 6) is 0.933. The van der Waals surface area contributed by atoms with Gasteiger partial charge in [-0.15, -0.1) is 0 Å². The predicted molar refractivity (Wildman–Crippen MR) is 56.9 cm³/mol. The predicted octanol–water partition coefficient (Wildman–Crippen LogP) is 2.84. The van der Waals surface area contributed by atoms with Crippen LogP contribution in [0.4, 0.5) is 0 Å². The molecule has 0 spiro atoms. The zero-order valence-electron chi connectivity index (χ0n) is 9.13. The first-order valence-corrected chi connectivity index (χ1v) is 4.74. The van der Waals surface area contributed by atoms with E-state index in [1.807, 2.05) is 32.9 Å². The number of ketones is 1. The van der Waals surface area contributed by atoms with E-state index in [-0.39, 0.29) is 11.7 Å². The first-order valence-electron chi connectivity index (χ1n) is 4.74. The van der Waals surface area contributed by atoms with Crippen LogP contribution in [0.15, 0.2) is 18.2 Å². The Hall–Kier alpha value is -1.31. The molecular weight excluding hydrogens is 176 g/mol. The van der Waals surface area contributed by atoms with Crippen LogP contribution in [0.3, 0.4) is 0 Å². The largest absolute Gasteiger partial charge is 0.497 e. The van der Waals surface area contributed by atoms with Crippen molar-refractivity contribution in [2.45, 2.75) is 20.8 Å². The van der Waals surface area contributed by atoms with Gasteiger partial charge in [0.05, 0.1) is 7.11 Å². The SMILES string of the molecule is COc1cc(C)cc(C(=O)C(C)C)c1. The molecule has 0 radical (unpaired) electrons. The van der Waals surface area contributed by atoms with Crippen LogP contribution in [-0.2, 0) is 0 Å². The van der Waals surface area contributed by atoms with E-state index < -0.39 is 0 Å². The second-order valence-corrected chi connectivity index (χ2v) is 3.76. The zero-order chi connectivity index (χ0) is 10.7. The minimum atomic E-state index is 0.0292. The fourth-order valence-electron chi connectivity index (χ4n) is 1.34. The van der Waals surface area contributed by atoms with E-state index in [4.69, 9.17) is 4.74 Å². The van der Waals surface area contributed by atoms with Gasteiger partial charge in [-0.1, -0.05) is 13.8 Å². The van der Waals surface area contributed by atoms with Gasteiger partial charge in [0.25, 0.3) is 0 Å². The third-order valence-corrected chi connectivity index (χ3v) is 2.10. The van der Waals surface area contributed by atoms with Crippen molar-refractivity contribution in [1.82, 2.24) is 0 Å². The van der Waals surface area contributed by atoms with Gasteiger partial charge in [0.1, 0.15) is 5.75 Å². The van der Waals surface area contributed by atoms with E-state index in [0.717, 1.165) is 16.9 Å². The molecule has 0 bridgehead atoms. The molecule has 0 saturated carbocycles. The van der Waals surface area contributed by atoms with Crippen LogP contribution >= 0.6 is 0 Å². The Kier molecular flexibility index (Phi) is 3.28. The van der Waals surface area contributed by atoms with E-state index in [1.165, 1.54) is 0 Å². The lowest BCUT2D eigenvalue weighted by Gasteiger charge is -2.07. The molecule has 2 nitrogen and oxygen atoms in total. The Morgan fingerprint density at radius 2 is 1.93 bits per heavy atom. The summed E-state index contributed by atoms with van der Waals surface area (Å²) in [6.07, 6.45) is 0. The van der Waals surface area contributed by atoms with Gasteiger partial charge in [-0.3, -0.25) is 4.79 Å².